The van der Waals surface area contributed by atoms with Gasteiger partial charge in [-0.15, -0.1) is 0 Å². The number of H-pyrrole nitrogens is 1. The number of rotatable bonds is 6. The van der Waals surface area contributed by atoms with Gasteiger partial charge in [0.05, 0.1) is 35.2 Å². The number of nitrogens with zero attached hydrogens (tertiary/aromatic N) is 2. The lowest BCUT2D eigenvalue weighted by molar-refractivity contribution is -0.123. The van der Waals surface area contributed by atoms with Gasteiger partial charge in [0, 0.05) is 19.6 Å². The third kappa shape index (κ3) is 4.68. The summed E-state index contributed by atoms with van der Waals surface area (Å²) >= 11 is 0. The van der Waals surface area contributed by atoms with Crippen LogP contribution in [0.5, 0.6) is 0 Å². The molecule has 160 valence electrons. The van der Waals surface area contributed by atoms with E-state index in [0.29, 0.717) is 36.2 Å². The molecule has 1 aliphatic heterocycles. The van der Waals surface area contributed by atoms with Crippen LogP contribution in [0.15, 0.2) is 51.7 Å². The first-order chi connectivity index (χ1) is 14.9. The van der Waals surface area contributed by atoms with Crippen LogP contribution in [0.4, 0.5) is 0 Å². The topological polar surface area (TPSA) is 122 Å². The van der Waals surface area contributed by atoms with E-state index in [1.165, 1.54) is 0 Å². The Hall–Kier alpha value is -3.41. The van der Waals surface area contributed by atoms with Crippen LogP contribution in [0.1, 0.15) is 42.0 Å². The zero-order chi connectivity index (χ0) is 22.0. The lowest BCUT2D eigenvalue weighted by Crippen LogP contribution is -2.39. The molecule has 8 heteroatoms. The maximum atomic E-state index is 13.1. The molecule has 2 aromatic carbocycles. The first-order valence-corrected chi connectivity index (χ1v) is 10.3. The SMILES string of the molecule is CC(C(=O)N[C@H](CN1CC[C@H](O)C1)c1cccc(C#N)c1)c1ccc2oc(=O)[nH]c2c1. The van der Waals surface area contributed by atoms with Crippen molar-refractivity contribution < 1.29 is 14.3 Å². The summed E-state index contributed by atoms with van der Waals surface area (Å²) in [6.07, 6.45) is 0.350. The minimum Gasteiger partial charge on any atom is -0.408 e. The number of fused-ring (bicyclic) bond motifs is 1. The second-order valence-corrected chi connectivity index (χ2v) is 7.99. The van der Waals surface area contributed by atoms with Crippen LogP contribution >= 0.6 is 0 Å². The van der Waals surface area contributed by atoms with E-state index < -0.39 is 11.7 Å². The molecule has 0 spiro atoms. The molecule has 0 bridgehead atoms. The molecule has 1 unspecified atom stereocenters. The maximum Gasteiger partial charge on any atom is 0.417 e. The van der Waals surface area contributed by atoms with Gasteiger partial charge in [-0.2, -0.15) is 5.26 Å². The van der Waals surface area contributed by atoms with E-state index >= 15 is 0 Å². The predicted octanol–water partition coefficient (Wildman–Crippen LogP) is 2.02. The van der Waals surface area contributed by atoms with Crippen molar-refractivity contribution in [2.45, 2.75) is 31.4 Å². The summed E-state index contributed by atoms with van der Waals surface area (Å²) in [6, 6.07) is 14.2. The number of carbonyl (C=O) groups excluding carboxylic acids is 1. The van der Waals surface area contributed by atoms with Crippen LogP contribution in [-0.2, 0) is 4.79 Å². The number of aromatic amines is 1. The molecule has 0 aliphatic carbocycles. The van der Waals surface area contributed by atoms with E-state index in [4.69, 9.17) is 4.42 Å². The molecule has 1 amide bonds. The highest BCUT2D eigenvalue weighted by molar-refractivity contribution is 5.85. The van der Waals surface area contributed by atoms with E-state index in [0.717, 1.165) is 17.7 Å². The first kappa shape index (κ1) is 20.8. The Morgan fingerprint density at radius 3 is 2.94 bits per heavy atom. The maximum absolute atomic E-state index is 13.1. The number of likely N-dealkylation sites (tertiary alicyclic amines) is 1. The van der Waals surface area contributed by atoms with Crippen LogP contribution in [0.3, 0.4) is 0 Å². The number of β-amino-alcohol motifs (C(OH)–C–C–N with tert-alkyl or cyclic N) is 1. The fourth-order valence-corrected chi connectivity index (χ4v) is 3.98. The average Bonchev–Trinajstić information content (AvgIpc) is 3.35. The highest BCUT2D eigenvalue weighted by Gasteiger charge is 2.26. The van der Waals surface area contributed by atoms with E-state index in [-0.39, 0.29) is 18.1 Å². The van der Waals surface area contributed by atoms with Crippen molar-refractivity contribution in [3.8, 4) is 6.07 Å². The molecule has 0 radical (unpaired) electrons. The fraction of sp³-hybridized carbons (Fsp3) is 0.348. The van der Waals surface area contributed by atoms with Crippen molar-refractivity contribution in [1.82, 2.24) is 15.2 Å². The summed E-state index contributed by atoms with van der Waals surface area (Å²) in [6.45, 7) is 3.66. The van der Waals surface area contributed by atoms with Gasteiger partial charge in [0.25, 0.3) is 0 Å². The number of carbonyl (C=O) groups is 1. The van der Waals surface area contributed by atoms with Gasteiger partial charge in [-0.05, 0) is 48.7 Å². The average molecular weight is 420 g/mol. The van der Waals surface area contributed by atoms with Crippen LogP contribution < -0.4 is 11.1 Å². The molecule has 8 nitrogen and oxygen atoms in total. The Morgan fingerprint density at radius 1 is 1.35 bits per heavy atom. The summed E-state index contributed by atoms with van der Waals surface area (Å²) in [5.41, 5.74) is 3.12. The standard InChI is InChI=1S/C23H24N4O4/c1-14(16-5-6-21-19(10-16)26-23(30)31-21)22(29)25-20(13-27-8-7-18(28)12-27)17-4-2-3-15(9-17)11-24/h2-6,9-10,14,18,20,28H,7-8,12-13H2,1H3,(H,25,29)(H,26,30)/t14?,18-,20+/m0/s1. The van der Waals surface area contributed by atoms with Gasteiger partial charge in [-0.25, -0.2) is 4.79 Å². The summed E-state index contributed by atoms with van der Waals surface area (Å²) in [7, 11) is 0. The number of oxazole rings is 1. The number of amides is 1. The molecule has 1 fully saturated rings. The molecule has 31 heavy (non-hydrogen) atoms. The van der Waals surface area contributed by atoms with E-state index in [2.05, 4.69) is 21.3 Å². The molecule has 0 saturated carbocycles. The van der Waals surface area contributed by atoms with Gasteiger partial charge in [0.15, 0.2) is 5.58 Å². The number of nitriles is 1. The van der Waals surface area contributed by atoms with Crippen LogP contribution in [0, 0.1) is 11.3 Å². The second-order valence-electron chi connectivity index (χ2n) is 7.99. The summed E-state index contributed by atoms with van der Waals surface area (Å²) in [4.78, 5) is 29.2. The van der Waals surface area contributed by atoms with Crippen molar-refractivity contribution >= 4 is 17.0 Å². The van der Waals surface area contributed by atoms with Crippen molar-refractivity contribution in [3.63, 3.8) is 0 Å². The fourth-order valence-electron chi connectivity index (χ4n) is 3.98. The molecular weight excluding hydrogens is 396 g/mol. The molecular formula is C23H24N4O4. The molecule has 3 atom stereocenters. The normalized spacial score (nSPS) is 18.5. The lowest BCUT2D eigenvalue weighted by atomic mass is 9.98. The molecule has 3 aromatic rings. The first-order valence-electron chi connectivity index (χ1n) is 10.3. The minimum atomic E-state index is -0.533. The molecule has 1 aromatic heterocycles. The summed E-state index contributed by atoms with van der Waals surface area (Å²) in [5.74, 6) is -1.17. The third-order valence-corrected chi connectivity index (χ3v) is 5.76. The van der Waals surface area contributed by atoms with Crippen LogP contribution in [-0.4, -0.2) is 46.6 Å². The molecule has 1 aliphatic rings. The quantitative estimate of drug-likeness (QED) is 0.561. The Kier molecular flexibility index (Phi) is 5.89. The zero-order valence-electron chi connectivity index (χ0n) is 17.2. The monoisotopic (exact) mass is 420 g/mol. The number of benzene rings is 2. The van der Waals surface area contributed by atoms with Crippen molar-refractivity contribution in [3.05, 3.63) is 69.7 Å². The van der Waals surface area contributed by atoms with Gasteiger partial charge in [0.1, 0.15) is 0 Å². The lowest BCUT2D eigenvalue weighted by Gasteiger charge is -2.26. The Labute approximate surface area is 179 Å². The number of aromatic nitrogens is 1. The minimum absolute atomic E-state index is 0.169. The van der Waals surface area contributed by atoms with Crippen LogP contribution in [0.25, 0.3) is 11.1 Å². The second kappa shape index (κ2) is 8.76. The highest BCUT2D eigenvalue weighted by atomic mass is 16.4. The van der Waals surface area contributed by atoms with E-state index in [9.17, 15) is 20.0 Å². The smallest absolute Gasteiger partial charge is 0.408 e. The van der Waals surface area contributed by atoms with Crippen molar-refractivity contribution in [2.75, 3.05) is 19.6 Å². The number of hydrogen-bond acceptors (Lipinski definition) is 6. The Balaban J connectivity index is 1.55. The van der Waals surface area contributed by atoms with E-state index in [1.807, 2.05) is 6.07 Å². The Morgan fingerprint density at radius 2 is 2.19 bits per heavy atom. The Bertz CT molecular complexity index is 1190. The van der Waals surface area contributed by atoms with Crippen molar-refractivity contribution in [1.29, 1.82) is 5.26 Å². The summed E-state index contributed by atoms with van der Waals surface area (Å²) < 4.78 is 5.03. The predicted molar refractivity (Wildman–Crippen MR) is 114 cm³/mol. The van der Waals surface area contributed by atoms with Gasteiger partial charge in [-0.1, -0.05) is 18.2 Å². The number of nitrogens with one attached hydrogen (secondary N) is 2. The van der Waals surface area contributed by atoms with Gasteiger partial charge < -0.3 is 14.8 Å². The van der Waals surface area contributed by atoms with Crippen LogP contribution in [0.2, 0.25) is 0 Å². The third-order valence-electron chi connectivity index (χ3n) is 5.76. The molecule has 3 N–H and O–H groups in total. The highest BCUT2D eigenvalue weighted by Crippen LogP contribution is 2.23. The number of aliphatic hydroxyl groups is 1. The zero-order valence-corrected chi connectivity index (χ0v) is 17.2. The molecule has 1 saturated heterocycles. The van der Waals surface area contributed by atoms with Gasteiger partial charge in [-0.3, -0.25) is 14.7 Å². The van der Waals surface area contributed by atoms with Crippen molar-refractivity contribution in [2.24, 2.45) is 0 Å². The van der Waals surface area contributed by atoms with Gasteiger partial charge in [0.2, 0.25) is 5.91 Å². The summed E-state index contributed by atoms with van der Waals surface area (Å²) in [5, 5.41) is 22.2. The largest absolute Gasteiger partial charge is 0.417 e. The molecule has 4 rings (SSSR count). The number of hydrogen-bond donors (Lipinski definition) is 3. The number of aliphatic hydroxyl groups excluding tert-OH is 1. The molecule has 2 heterocycles. The van der Waals surface area contributed by atoms with E-state index in [1.54, 1.807) is 43.3 Å². The van der Waals surface area contributed by atoms with Gasteiger partial charge >= 0.3 is 5.76 Å².